The molecule has 0 radical (unpaired) electrons. The molecule has 0 spiro atoms. The lowest BCUT2D eigenvalue weighted by molar-refractivity contribution is 0.0780. The molecule has 0 unspecified atom stereocenters. The van der Waals surface area contributed by atoms with E-state index < -0.39 is 0 Å². The molecule has 1 aromatic heterocycles. The second kappa shape index (κ2) is 9.84. The predicted octanol–water partition coefficient (Wildman–Crippen LogP) is 4.85. The molecule has 5 heteroatoms. The van der Waals surface area contributed by atoms with Crippen LogP contribution in [-0.4, -0.2) is 65.4 Å². The Morgan fingerprint density at radius 1 is 0.833 bits per heavy atom. The van der Waals surface area contributed by atoms with Gasteiger partial charge in [0.15, 0.2) is 0 Å². The minimum absolute atomic E-state index is 0.128. The van der Waals surface area contributed by atoms with Crippen molar-refractivity contribution in [1.29, 1.82) is 0 Å². The number of aromatic nitrogens is 1. The van der Waals surface area contributed by atoms with Gasteiger partial charge in [0.1, 0.15) is 0 Å². The highest BCUT2D eigenvalue weighted by Crippen LogP contribution is 2.33. The molecular formula is C31H32N4O. The number of carbonyl (C=O) groups excluding carboxylic acids is 1. The summed E-state index contributed by atoms with van der Waals surface area (Å²) in [6, 6.07) is 27.4. The maximum absolute atomic E-state index is 13.5. The Hall–Kier alpha value is -3.54. The van der Waals surface area contributed by atoms with Gasteiger partial charge in [0.25, 0.3) is 5.91 Å². The van der Waals surface area contributed by atoms with E-state index in [1.807, 2.05) is 23.1 Å². The Kier molecular flexibility index (Phi) is 6.26. The van der Waals surface area contributed by atoms with Crippen molar-refractivity contribution in [3.05, 3.63) is 101 Å². The highest BCUT2D eigenvalue weighted by Gasteiger charge is 2.30. The van der Waals surface area contributed by atoms with Gasteiger partial charge in [-0.1, -0.05) is 66.7 Å². The lowest BCUT2D eigenvalue weighted by atomic mass is 9.96. The number of piperazine rings is 1. The van der Waals surface area contributed by atoms with Gasteiger partial charge in [-0.05, 0) is 41.4 Å². The standard InChI is InChI=1S/C31H32N4O/c1-33-17-19-34(20-18-33)21-23-9-11-24(12-10-23)28-7-4-6-26-22-35(31(36)30(26)28)16-15-27-14-13-25-5-2-3-8-29(25)32-27/h2-14H,15-22H2,1H3. The summed E-state index contributed by atoms with van der Waals surface area (Å²) in [5.74, 6) is 0.128. The Morgan fingerprint density at radius 3 is 2.47 bits per heavy atom. The van der Waals surface area contributed by atoms with Crippen molar-refractivity contribution >= 4 is 16.8 Å². The SMILES string of the molecule is CN1CCN(Cc2ccc(-c3cccc4c3C(=O)N(CCc3ccc5ccccc5n3)C4)cc2)CC1. The molecular weight excluding hydrogens is 444 g/mol. The summed E-state index contributed by atoms with van der Waals surface area (Å²) in [7, 11) is 2.19. The summed E-state index contributed by atoms with van der Waals surface area (Å²) in [5.41, 5.74) is 7.47. The number of fused-ring (bicyclic) bond motifs is 2. The summed E-state index contributed by atoms with van der Waals surface area (Å²) in [6.07, 6.45) is 0.751. The first-order chi connectivity index (χ1) is 17.6. The molecule has 0 saturated carbocycles. The monoisotopic (exact) mass is 476 g/mol. The first-order valence-corrected chi connectivity index (χ1v) is 12.9. The van der Waals surface area contributed by atoms with Gasteiger partial charge in [0.05, 0.1) is 11.1 Å². The zero-order chi connectivity index (χ0) is 24.5. The fourth-order valence-electron chi connectivity index (χ4n) is 5.39. The van der Waals surface area contributed by atoms with Crippen LogP contribution in [0.15, 0.2) is 78.9 Å². The van der Waals surface area contributed by atoms with E-state index in [1.54, 1.807) is 0 Å². The summed E-state index contributed by atoms with van der Waals surface area (Å²) >= 11 is 0. The molecule has 0 bridgehead atoms. The third-order valence-corrected chi connectivity index (χ3v) is 7.57. The summed E-state index contributed by atoms with van der Waals surface area (Å²) in [6.45, 7) is 6.80. The van der Waals surface area contributed by atoms with Gasteiger partial charge in [-0.3, -0.25) is 14.7 Å². The molecule has 2 aliphatic heterocycles. The third-order valence-electron chi connectivity index (χ3n) is 7.57. The number of hydrogen-bond acceptors (Lipinski definition) is 4. The summed E-state index contributed by atoms with van der Waals surface area (Å²) in [4.78, 5) is 25.1. The number of rotatable bonds is 6. The number of para-hydroxylation sites is 1. The topological polar surface area (TPSA) is 39.7 Å². The molecule has 2 aliphatic rings. The van der Waals surface area contributed by atoms with Crippen LogP contribution < -0.4 is 0 Å². The Morgan fingerprint density at radius 2 is 1.64 bits per heavy atom. The van der Waals surface area contributed by atoms with Crippen molar-refractivity contribution in [3.8, 4) is 11.1 Å². The number of amides is 1. The van der Waals surface area contributed by atoms with Crippen molar-refractivity contribution in [1.82, 2.24) is 19.7 Å². The average molecular weight is 477 g/mol. The van der Waals surface area contributed by atoms with Gasteiger partial charge in [-0.15, -0.1) is 0 Å². The van der Waals surface area contributed by atoms with Crippen LogP contribution in [0.25, 0.3) is 22.0 Å². The normalized spacial score (nSPS) is 16.6. The molecule has 1 amide bonds. The van der Waals surface area contributed by atoms with Crippen LogP contribution in [0.4, 0.5) is 0 Å². The molecule has 5 nitrogen and oxygen atoms in total. The molecule has 1 saturated heterocycles. The van der Waals surface area contributed by atoms with Gasteiger partial charge in [0, 0.05) is 63.3 Å². The highest BCUT2D eigenvalue weighted by molar-refractivity contribution is 6.04. The van der Waals surface area contributed by atoms with Gasteiger partial charge >= 0.3 is 0 Å². The van der Waals surface area contributed by atoms with E-state index in [2.05, 4.69) is 77.5 Å². The molecule has 4 aromatic rings. The minimum atomic E-state index is 0.128. The number of pyridine rings is 1. The number of hydrogen-bond donors (Lipinski definition) is 0. The molecule has 0 N–H and O–H groups in total. The Labute approximate surface area is 213 Å². The predicted molar refractivity (Wildman–Crippen MR) is 145 cm³/mol. The van der Waals surface area contributed by atoms with Crippen LogP contribution in [0.3, 0.4) is 0 Å². The molecule has 0 aliphatic carbocycles. The number of benzene rings is 3. The van der Waals surface area contributed by atoms with E-state index in [1.165, 1.54) is 5.56 Å². The van der Waals surface area contributed by atoms with Gasteiger partial charge in [-0.2, -0.15) is 0 Å². The van der Waals surface area contributed by atoms with Crippen molar-refractivity contribution in [2.45, 2.75) is 19.5 Å². The Bertz CT molecular complexity index is 1390. The van der Waals surface area contributed by atoms with Crippen LogP contribution >= 0.6 is 0 Å². The van der Waals surface area contributed by atoms with Crippen molar-refractivity contribution < 1.29 is 4.79 Å². The smallest absolute Gasteiger partial charge is 0.255 e. The molecule has 0 atom stereocenters. The maximum Gasteiger partial charge on any atom is 0.255 e. The van der Waals surface area contributed by atoms with E-state index in [4.69, 9.17) is 4.98 Å². The van der Waals surface area contributed by atoms with Gasteiger partial charge < -0.3 is 9.80 Å². The lowest BCUT2D eigenvalue weighted by Gasteiger charge is -2.32. The van der Waals surface area contributed by atoms with Crippen molar-refractivity contribution in [2.75, 3.05) is 39.8 Å². The van der Waals surface area contributed by atoms with Gasteiger partial charge in [-0.25, -0.2) is 0 Å². The number of likely N-dealkylation sites (N-methyl/N-ethyl adjacent to an activating group) is 1. The van der Waals surface area contributed by atoms with E-state index in [9.17, 15) is 4.79 Å². The van der Waals surface area contributed by atoms with Crippen LogP contribution in [0.1, 0.15) is 27.2 Å². The third kappa shape index (κ3) is 4.64. The fraction of sp³-hybridized carbons (Fsp3) is 0.290. The second-order valence-corrected chi connectivity index (χ2v) is 10.1. The van der Waals surface area contributed by atoms with Crippen molar-refractivity contribution in [3.63, 3.8) is 0 Å². The van der Waals surface area contributed by atoms with Crippen LogP contribution in [0.5, 0.6) is 0 Å². The first kappa shape index (κ1) is 22.9. The van der Waals surface area contributed by atoms with Crippen LogP contribution in [0, 0.1) is 0 Å². The molecule has 1 fully saturated rings. The number of nitrogens with zero attached hydrogens (tertiary/aromatic N) is 4. The Balaban J connectivity index is 1.15. The van der Waals surface area contributed by atoms with E-state index in [-0.39, 0.29) is 5.91 Å². The zero-order valence-corrected chi connectivity index (χ0v) is 20.9. The lowest BCUT2D eigenvalue weighted by Crippen LogP contribution is -2.43. The number of carbonyl (C=O) groups is 1. The average Bonchev–Trinajstić information content (AvgIpc) is 3.24. The molecule has 3 heterocycles. The van der Waals surface area contributed by atoms with E-state index in [0.29, 0.717) is 13.1 Å². The second-order valence-electron chi connectivity index (χ2n) is 10.1. The quantitative estimate of drug-likeness (QED) is 0.399. The van der Waals surface area contributed by atoms with E-state index >= 15 is 0 Å². The van der Waals surface area contributed by atoms with E-state index in [0.717, 1.165) is 78.0 Å². The minimum Gasteiger partial charge on any atom is -0.334 e. The first-order valence-electron chi connectivity index (χ1n) is 12.9. The molecule has 36 heavy (non-hydrogen) atoms. The van der Waals surface area contributed by atoms with Crippen LogP contribution in [0.2, 0.25) is 0 Å². The fourth-order valence-corrected chi connectivity index (χ4v) is 5.39. The summed E-state index contributed by atoms with van der Waals surface area (Å²) < 4.78 is 0. The zero-order valence-electron chi connectivity index (χ0n) is 20.9. The largest absolute Gasteiger partial charge is 0.334 e. The molecule has 182 valence electrons. The summed E-state index contributed by atoms with van der Waals surface area (Å²) in [5, 5.41) is 1.14. The van der Waals surface area contributed by atoms with Gasteiger partial charge in [0.2, 0.25) is 0 Å². The van der Waals surface area contributed by atoms with Crippen LogP contribution in [-0.2, 0) is 19.5 Å². The highest BCUT2D eigenvalue weighted by atomic mass is 16.2. The molecule has 3 aromatic carbocycles. The maximum atomic E-state index is 13.5. The molecule has 6 rings (SSSR count). The van der Waals surface area contributed by atoms with Crippen molar-refractivity contribution in [2.24, 2.45) is 0 Å².